The maximum atomic E-state index is 6.19. The molecule has 0 bridgehead atoms. The number of rotatable bonds is 4. The van der Waals surface area contributed by atoms with Crippen molar-refractivity contribution in [2.45, 2.75) is 6.54 Å². The zero-order chi connectivity index (χ0) is 20.5. The lowest BCUT2D eigenvalue weighted by Crippen LogP contribution is -2.03. The van der Waals surface area contributed by atoms with E-state index in [2.05, 4.69) is 4.98 Å². The van der Waals surface area contributed by atoms with Gasteiger partial charge in [0.1, 0.15) is 11.3 Å². The van der Waals surface area contributed by atoms with E-state index in [1.54, 1.807) is 6.20 Å². The van der Waals surface area contributed by atoms with Crippen LogP contribution in [-0.4, -0.2) is 19.5 Å². The molecule has 0 radical (unpaired) electrons. The van der Waals surface area contributed by atoms with Gasteiger partial charge in [-0.05, 0) is 42.0 Å². The molecule has 0 aliphatic rings. The molecule has 0 spiro atoms. The Kier molecular flexibility index (Phi) is 4.46. The highest BCUT2D eigenvalue weighted by Crippen LogP contribution is 2.31. The van der Waals surface area contributed by atoms with Crippen molar-refractivity contribution >= 4 is 17.0 Å². The third kappa shape index (κ3) is 3.09. The summed E-state index contributed by atoms with van der Waals surface area (Å²) in [6, 6.07) is 25.9. The van der Waals surface area contributed by atoms with Gasteiger partial charge in [-0.3, -0.25) is 4.57 Å². The Labute approximate surface area is 173 Å². The van der Waals surface area contributed by atoms with Gasteiger partial charge in [0.15, 0.2) is 11.5 Å². The smallest absolute Gasteiger partial charge is 0.165 e. The van der Waals surface area contributed by atoms with Gasteiger partial charge in [0.25, 0.3) is 0 Å². The van der Waals surface area contributed by atoms with Crippen molar-refractivity contribution in [2.24, 2.45) is 5.73 Å². The summed E-state index contributed by atoms with van der Waals surface area (Å²) in [4.78, 5) is 14.0. The summed E-state index contributed by atoms with van der Waals surface area (Å²) in [5.74, 6) is 1.13. The van der Waals surface area contributed by atoms with Crippen molar-refractivity contribution in [3.05, 3.63) is 90.6 Å². The number of hydrogen-bond donors (Lipinski definition) is 2. The van der Waals surface area contributed by atoms with E-state index >= 15 is 0 Å². The fraction of sp³-hybridized carbons (Fsp3) is 0.0417. The molecule has 30 heavy (non-hydrogen) atoms. The van der Waals surface area contributed by atoms with Gasteiger partial charge < -0.3 is 11.5 Å². The Bertz CT molecular complexity index is 1320. The van der Waals surface area contributed by atoms with Crippen molar-refractivity contribution in [3.63, 3.8) is 0 Å². The lowest BCUT2D eigenvalue weighted by atomic mass is 10.1. The maximum Gasteiger partial charge on any atom is 0.165 e. The number of pyridine rings is 2. The summed E-state index contributed by atoms with van der Waals surface area (Å²) in [6.45, 7) is 0.490. The van der Waals surface area contributed by atoms with Gasteiger partial charge in [0, 0.05) is 24.0 Å². The molecule has 4 N–H and O–H groups in total. The zero-order valence-corrected chi connectivity index (χ0v) is 16.2. The topological polar surface area (TPSA) is 95.6 Å². The van der Waals surface area contributed by atoms with Crippen LogP contribution in [0.3, 0.4) is 0 Å². The first-order chi connectivity index (χ1) is 14.7. The first-order valence-corrected chi connectivity index (χ1v) is 9.70. The Morgan fingerprint density at radius 3 is 2.33 bits per heavy atom. The second-order valence-electron chi connectivity index (χ2n) is 6.98. The number of hydrogen-bond acceptors (Lipinski definition) is 5. The van der Waals surface area contributed by atoms with Gasteiger partial charge in [-0.1, -0.05) is 42.5 Å². The molecule has 0 fully saturated rings. The van der Waals surface area contributed by atoms with Crippen LogP contribution >= 0.6 is 0 Å². The van der Waals surface area contributed by atoms with Gasteiger partial charge in [0.05, 0.1) is 11.3 Å². The molecule has 0 atom stereocenters. The van der Waals surface area contributed by atoms with Crippen LogP contribution in [0.2, 0.25) is 0 Å². The molecule has 5 rings (SSSR count). The number of nitrogen functional groups attached to an aromatic ring is 1. The zero-order valence-electron chi connectivity index (χ0n) is 16.2. The van der Waals surface area contributed by atoms with E-state index in [1.807, 2.05) is 83.4 Å². The third-order valence-corrected chi connectivity index (χ3v) is 5.08. The largest absolute Gasteiger partial charge is 0.383 e. The van der Waals surface area contributed by atoms with Crippen molar-refractivity contribution < 1.29 is 0 Å². The Morgan fingerprint density at radius 1 is 0.800 bits per heavy atom. The van der Waals surface area contributed by atoms with Crippen LogP contribution in [0.25, 0.3) is 39.5 Å². The van der Waals surface area contributed by atoms with Gasteiger partial charge in [-0.2, -0.15) is 0 Å². The molecule has 6 nitrogen and oxygen atoms in total. The van der Waals surface area contributed by atoms with E-state index in [9.17, 15) is 0 Å². The molecule has 0 saturated carbocycles. The SMILES string of the molecule is NCc1ccc(-n2c(-c3cccnc3N)nc3ccc(-c4ccccc4)nc32)cc1. The molecule has 0 amide bonds. The summed E-state index contributed by atoms with van der Waals surface area (Å²) in [7, 11) is 0. The average Bonchev–Trinajstić information content (AvgIpc) is 3.18. The molecule has 5 aromatic rings. The second-order valence-corrected chi connectivity index (χ2v) is 6.98. The number of imidazole rings is 1. The predicted molar refractivity (Wildman–Crippen MR) is 120 cm³/mol. The Hall–Kier alpha value is -4.03. The molecule has 6 heteroatoms. The highest BCUT2D eigenvalue weighted by Gasteiger charge is 2.18. The Balaban J connectivity index is 1.79. The molecule has 0 saturated heterocycles. The number of fused-ring (bicyclic) bond motifs is 1. The normalized spacial score (nSPS) is 11.1. The maximum absolute atomic E-state index is 6.19. The quantitative estimate of drug-likeness (QED) is 0.478. The monoisotopic (exact) mass is 392 g/mol. The van der Waals surface area contributed by atoms with E-state index in [-0.39, 0.29) is 0 Å². The standard InChI is InChI=1S/C24H20N6/c25-15-16-8-10-18(11-9-16)30-23(19-7-4-14-27-22(19)26)29-21-13-12-20(28-24(21)30)17-5-2-1-3-6-17/h1-14H,15,25H2,(H2,26,27). The molecule has 3 heterocycles. The van der Waals surface area contributed by atoms with Crippen LogP contribution in [0.5, 0.6) is 0 Å². The first-order valence-electron chi connectivity index (χ1n) is 9.70. The van der Waals surface area contributed by atoms with Crippen molar-refractivity contribution in [1.82, 2.24) is 19.5 Å². The number of anilines is 1. The van der Waals surface area contributed by atoms with Crippen LogP contribution in [0.1, 0.15) is 5.56 Å². The first kappa shape index (κ1) is 18.0. The molecule has 0 aliphatic heterocycles. The molecule has 2 aromatic carbocycles. The highest BCUT2D eigenvalue weighted by atomic mass is 15.1. The van der Waals surface area contributed by atoms with Crippen LogP contribution in [0.4, 0.5) is 5.82 Å². The minimum absolute atomic E-state index is 0.427. The van der Waals surface area contributed by atoms with Gasteiger partial charge >= 0.3 is 0 Å². The predicted octanol–water partition coefficient (Wildman–Crippen LogP) is 4.19. The minimum atomic E-state index is 0.427. The average molecular weight is 392 g/mol. The molecular weight excluding hydrogens is 372 g/mol. The summed E-state index contributed by atoms with van der Waals surface area (Å²) in [6.07, 6.45) is 1.67. The van der Waals surface area contributed by atoms with E-state index in [0.717, 1.165) is 39.2 Å². The summed E-state index contributed by atoms with van der Waals surface area (Å²) in [5.41, 5.74) is 18.2. The van der Waals surface area contributed by atoms with Gasteiger partial charge in [0.2, 0.25) is 0 Å². The van der Waals surface area contributed by atoms with Crippen molar-refractivity contribution in [3.8, 4) is 28.3 Å². The second kappa shape index (κ2) is 7.42. The van der Waals surface area contributed by atoms with E-state index < -0.39 is 0 Å². The van der Waals surface area contributed by atoms with Crippen molar-refractivity contribution in [2.75, 3.05) is 5.73 Å². The number of benzene rings is 2. The molecule has 146 valence electrons. The van der Waals surface area contributed by atoms with Crippen LogP contribution in [0.15, 0.2) is 85.1 Å². The Morgan fingerprint density at radius 2 is 1.60 bits per heavy atom. The van der Waals surface area contributed by atoms with Crippen LogP contribution in [0, 0.1) is 0 Å². The molecule has 0 unspecified atom stereocenters. The lowest BCUT2D eigenvalue weighted by Gasteiger charge is -2.11. The number of nitrogens with zero attached hydrogens (tertiary/aromatic N) is 4. The van der Waals surface area contributed by atoms with Crippen molar-refractivity contribution in [1.29, 1.82) is 0 Å². The third-order valence-electron chi connectivity index (χ3n) is 5.08. The molecule has 0 aliphatic carbocycles. The van der Waals surface area contributed by atoms with Gasteiger partial charge in [-0.25, -0.2) is 15.0 Å². The molecular formula is C24H20N6. The number of nitrogens with two attached hydrogens (primary N) is 2. The minimum Gasteiger partial charge on any atom is -0.383 e. The van der Waals surface area contributed by atoms with E-state index in [1.165, 1.54) is 0 Å². The fourth-order valence-corrected chi connectivity index (χ4v) is 3.54. The number of aromatic nitrogens is 4. The van der Waals surface area contributed by atoms with E-state index in [0.29, 0.717) is 18.2 Å². The molecule has 3 aromatic heterocycles. The summed E-state index contributed by atoms with van der Waals surface area (Å²) < 4.78 is 2.02. The summed E-state index contributed by atoms with van der Waals surface area (Å²) >= 11 is 0. The lowest BCUT2D eigenvalue weighted by molar-refractivity contribution is 1.05. The van der Waals surface area contributed by atoms with Crippen LogP contribution in [-0.2, 0) is 6.54 Å². The van der Waals surface area contributed by atoms with Crippen LogP contribution < -0.4 is 11.5 Å². The summed E-state index contributed by atoms with van der Waals surface area (Å²) in [5, 5.41) is 0. The fourth-order valence-electron chi connectivity index (χ4n) is 3.54. The van der Waals surface area contributed by atoms with E-state index in [4.69, 9.17) is 21.4 Å². The van der Waals surface area contributed by atoms with Gasteiger partial charge in [-0.15, -0.1) is 0 Å². The highest BCUT2D eigenvalue weighted by molar-refractivity contribution is 5.84.